The molecular weight excluding hydrogens is 376 g/mol. The maximum atomic E-state index is 13.1. The fourth-order valence-corrected chi connectivity index (χ4v) is 3.72. The van der Waals surface area contributed by atoms with Crippen molar-refractivity contribution >= 4 is 17.4 Å². The molecule has 1 aliphatic rings. The van der Waals surface area contributed by atoms with Crippen molar-refractivity contribution in [3.05, 3.63) is 84.4 Å². The van der Waals surface area contributed by atoms with Gasteiger partial charge in [-0.25, -0.2) is 0 Å². The van der Waals surface area contributed by atoms with E-state index in [0.717, 1.165) is 22.6 Å². The van der Waals surface area contributed by atoms with E-state index in [-0.39, 0.29) is 24.3 Å². The van der Waals surface area contributed by atoms with Gasteiger partial charge in [-0.2, -0.15) is 0 Å². The molecule has 5 nitrogen and oxygen atoms in total. The second-order valence-corrected chi connectivity index (χ2v) is 7.38. The van der Waals surface area contributed by atoms with Crippen LogP contribution in [0.3, 0.4) is 0 Å². The Hall–Kier alpha value is -3.60. The number of carbonyl (C=O) groups is 2. The Bertz CT molecular complexity index is 1010. The van der Waals surface area contributed by atoms with Crippen molar-refractivity contribution < 1.29 is 14.3 Å². The maximum Gasteiger partial charge on any atom is 0.254 e. The second-order valence-electron chi connectivity index (χ2n) is 7.38. The third-order valence-corrected chi connectivity index (χ3v) is 5.38. The number of nitrogens with one attached hydrogen (secondary N) is 1. The van der Waals surface area contributed by atoms with Crippen LogP contribution in [0.5, 0.6) is 5.75 Å². The summed E-state index contributed by atoms with van der Waals surface area (Å²) in [5, 5.41) is 3.32. The average molecular weight is 400 g/mol. The molecule has 3 aromatic rings. The van der Waals surface area contributed by atoms with E-state index in [1.54, 1.807) is 12.0 Å². The van der Waals surface area contributed by atoms with Crippen molar-refractivity contribution in [2.45, 2.75) is 12.5 Å². The second kappa shape index (κ2) is 8.82. The Morgan fingerprint density at radius 1 is 0.967 bits per heavy atom. The summed E-state index contributed by atoms with van der Waals surface area (Å²) in [6.45, 7) is 0.681. The summed E-state index contributed by atoms with van der Waals surface area (Å²) < 4.78 is 5.17. The number of anilines is 1. The lowest BCUT2D eigenvalue weighted by Gasteiger charge is -2.24. The van der Waals surface area contributed by atoms with Crippen LogP contribution >= 0.6 is 0 Å². The van der Waals surface area contributed by atoms with Gasteiger partial charge in [-0.3, -0.25) is 9.59 Å². The summed E-state index contributed by atoms with van der Waals surface area (Å²) in [5.41, 5.74) is 3.69. The van der Waals surface area contributed by atoms with E-state index in [4.69, 9.17) is 4.74 Å². The number of ether oxygens (including phenoxy) is 1. The number of likely N-dealkylation sites (tertiary alicyclic amines) is 1. The molecule has 1 saturated heterocycles. The first kappa shape index (κ1) is 19.7. The quantitative estimate of drug-likeness (QED) is 0.672. The van der Waals surface area contributed by atoms with Gasteiger partial charge in [0.2, 0.25) is 0 Å². The SMILES string of the molecule is COc1ccc(NCC2CC(=O)CN2C(=O)c2ccc(-c3ccccc3)cc2)cc1. The highest BCUT2D eigenvalue weighted by Gasteiger charge is 2.34. The number of amides is 1. The van der Waals surface area contributed by atoms with Gasteiger partial charge in [0.1, 0.15) is 5.75 Å². The fourth-order valence-electron chi connectivity index (χ4n) is 3.72. The zero-order valence-electron chi connectivity index (χ0n) is 16.9. The zero-order chi connectivity index (χ0) is 20.9. The monoisotopic (exact) mass is 400 g/mol. The molecule has 3 aromatic carbocycles. The predicted molar refractivity (Wildman–Crippen MR) is 118 cm³/mol. The molecule has 0 radical (unpaired) electrons. The minimum atomic E-state index is -0.166. The molecule has 1 fully saturated rings. The smallest absolute Gasteiger partial charge is 0.254 e. The Kier molecular flexibility index (Phi) is 5.80. The van der Waals surface area contributed by atoms with Crippen LogP contribution in [0.15, 0.2) is 78.9 Å². The van der Waals surface area contributed by atoms with Crippen LogP contribution in [-0.2, 0) is 4.79 Å². The number of methoxy groups -OCH3 is 1. The van der Waals surface area contributed by atoms with Crippen LogP contribution in [0.25, 0.3) is 11.1 Å². The van der Waals surface area contributed by atoms with Gasteiger partial charge in [-0.1, -0.05) is 42.5 Å². The molecule has 30 heavy (non-hydrogen) atoms. The molecule has 4 rings (SSSR count). The maximum absolute atomic E-state index is 13.1. The van der Waals surface area contributed by atoms with E-state index >= 15 is 0 Å². The van der Waals surface area contributed by atoms with Crippen molar-refractivity contribution in [1.29, 1.82) is 0 Å². The van der Waals surface area contributed by atoms with Gasteiger partial charge in [0, 0.05) is 24.2 Å². The highest BCUT2D eigenvalue weighted by Crippen LogP contribution is 2.23. The van der Waals surface area contributed by atoms with Gasteiger partial charge in [0.15, 0.2) is 5.78 Å². The van der Waals surface area contributed by atoms with E-state index in [1.165, 1.54) is 0 Å². The number of ketones is 1. The molecule has 0 saturated carbocycles. The Morgan fingerprint density at radius 3 is 2.30 bits per heavy atom. The molecule has 1 amide bonds. The average Bonchev–Trinajstić information content (AvgIpc) is 3.18. The van der Waals surface area contributed by atoms with Crippen LogP contribution in [-0.4, -0.2) is 42.8 Å². The predicted octanol–water partition coefficient (Wildman–Crippen LogP) is 4.26. The first-order valence-corrected chi connectivity index (χ1v) is 10.00. The summed E-state index contributed by atoms with van der Waals surface area (Å²) in [6, 6.07) is 25.0. The van der Waals surface area contributed by atoms with Gasteiger partial charge < -0.3 is 15.0 Å². The van der Waals surface area contributed by atoms with Crippen LogP contribution in [0.2, 0.25) is 0 Å². The molecule has 0 aromatic heterocycles. The number of carbonyl (C=O) groups excluding carboxylic acids is 2. The number of benzene rings is 3. The standard InChI is InChI=1S/C25H24N2O3/c1-30-24-13-11-21(12-14-24)26-16-22-15-23(28)17-27(22)25(29)20-9-7-19(8-10-20)18-5-3-2-4-6-18/h2-14,22,26H,15-17H2,1H3. The van der Waals surface area contributed by atoms with E-state index < -0.39 is 0 Å². The summed E-state index contributed by atoms with van der Waals surface area (Å²) in [6.07, 6.45) is 0.372. The highest BCUT2D eigenvalue weighted by molar-refractivity contribution is 5.99. The van der Waals surface area contributed by atoms with Crippen LogP contribution in [0.1, 0.15) is 16.8 Å². The van der Waals surface area contributed by atoms with Gasteiger partial charge >= 0.3 is 0 Å². The van der Waals surface area contributed by atoms with E-state index in [1.807, 2.05) is 78.9 Å². The minimum absolute atomic E-state index is 0.0887. The molecule has 1 atom stereocenters. The number of hydrogen-bond donors (Lipinski definition) is 1. The lowest BCUT2D eigenvalue weighted by Crippen LogP contribution is -2.39. The van der Waals surface area contributed by atoms with E-state index in [2.05, 4.69) is 5.32 Å². The minimum Gasteiger partial charge on any atom is -0.497 e. The summed E-state index contributed by atoms with van der Waals surface area (Å²) >= 11 is 0. The molecule has 1 heterocycles. The fraction of sp³-hybridized carbons (Fsp3) is 0.200. The summed E-state index contributed by atoms with van der Waals surface area (Å²) in [7, 11) is 1.63. The number of rotatable bonds is 6. The van der Waals surface area contributed by atoms with Gasteiger partial charge in [-0.05, 0) is 47.5 Å². The van der Waals surface area contributed by atoms with Crippen molar-refractivity contribution in [1.82, 2.24) is 4.90 Å². The van der Waals surface area contributed by atoms with E-state index in [0.29, 0.717) is 18.5 Å². The first-order chi connectivity index (χ1) is 14.6. The molecule has 1 aliphatic heterocycles. The molecular formula is C25H24N2O3. The van der Waals surface area contributed by atoms with Crippen molar-refractivity contribution in [2.75, 3.05) is 25.5 Å². The van der Waals surface area contributed by atoms with Crippen LogP contribution in [0, 0.1) is 0 Å². The largest absolute Gasteiger partial charge is 0.497 e. The molecule has 1 N–H and O–H groups in total. The zero-order valence-corrected chi connectivity index (χ0v) is 16.9. The van der Waals surface area contributed by atoms with Crippen LogP contribution < -0.4 is 10.1 Å². The molecule has 1 unspecified atom stereocenters. The van der Waals surface area contributed by atoms with Crippen molar-refractivity contribution in [3.63, 3.8) is 0 Å². The van der Waals surface area contributed by atoms with Crippen molar-refractivity contribution in [3.8, 4) is 16.9 Å². The normalized spacial score (nSPS) is 15.8. The topological polar surface area (TPSA) is 58.6 Å². The lowest BCUT2D eigenvalue weighted by molar-refractivity contribution is -0.116. The molecule has 5 heteroatoms. The molecule has 0 aliphatic carbocycles. The van der Waals surface area contributed by atoms with Gasteiger partial charge in [0.05, 0.1) is 19.7 Å². The number of nitrogens with zero attached hydrogens (tertiary/aromatic N) is 1. The third-order valence-electron chi connectivity index (χ3n) is 5.38. The third kappa shape index (κ3) is 4.35. The molecule has 0 spiro atoms. The molecule has 152 valence electrons. The Balaban J connectivity index is 1.44. The number of Topliss-reactive ketones (excluding diaryl/α,β-unsaturated/α-hetero) is 1. The van der Waals surface area contributed by atoms with Crippen LogP contribution in [0.4, 0.5) is 5.69 Å². The summed E-state index contributed by atoms with van der Waals surface area (Å²) in [4.78, 5) is 26.8. The highest BCUT2D eigenvalue weighted by atomic mass is 16.5. The van der Waals surface area contributed by atoms with Gasteiger partial charge in [-0.15, -0.1) is 0 Å². The summed E-state index contributed by atoms with van der Waals surface area (Å²) in [5.74, 6) is 0.764. The first-order valence-electron chi connectivity index (χ1n) is 10.00. The number of hydrogen-bond acceptors (Lipinski definition) is 4. The van der Waals surface area contributed by atoms with Gasteiger partial charge in [0.25, 0.3) is 5.91 Å². The Labute approximate surface area is 176 Å². The lowest BCUT2D eigenvalue weighted by atomic mass is 10.0. The molecule has 0 bridgehead atoms. The Morgan fingerprint density at radius 2 is 1.63 bits per heavy atom. The van der Waals surface area contributed by atoms with Crippen molar-refractivity contribution in [2.24, 2.45) is 0 Å². The van der Waals surface area contributed by atoms with E-state index in [9.17, 15) is 9.59 Å².